The molecule has 0 spiro atoms. The molecule has 1 aliphatic carbocycles. The van der Waals surface area contributed by atoms with E-state index in [1.54, 1.807) is 11.3 Å². The summed E-state index contributed by atoms with van der Waals surface area (Å²) in [5, 5.41) is 7.23. The molecule has 1 fully saturated rings. The van der Waals surface area contributed by atoms with Crippen LogP contribution in [0.2, 0.25) is 5.02 Å². The molecule has 3 nitrogen and oxygen atoms in total. The Kier molecular flexibility index (Phi) is 4.24. The number of aromatic nitrogens is 1. The lowest BCUT2D eigenvalue weighted by molar-refractivity contribution is 0.298. The van der Waals surface area contributed by atoms with Gasteiger partial charge in [-0.25, -0.2) is 4.98 Å². The fourth-order valence-electron chi connectivity index (χ4n) is 2.02. The first-order valence-electron chi connectivity index (χ1n) is 6.77. The maximum Gasteiger partial charge on any atom is 0.142 e. The first-order valence-corrected chi connectivity index (χ1v) is 8.02. The van der Waals surface area contributed by atoms with Crippen molar-refractivity contribution in [1.82, 2.24) is 10.3 Å². The van der Waals surface area contributed by atoms with E-state index in [-0.39, 0.29) is 0 Å². The minimum atomic E-state index is 0.463. The Hall–Kier alpha value is -1.10. The molecule has 1 aromatic carbocycles. The van der Waals surface area contributed by atoms with Crippen molar-refractivity contribution in [3.8, 4) is 5.75 Å². The number of nitrogens with zero attached hydrogens (tertiary/aromatic N) is 1. The normalized spacial score (nSPS) is 14.5. The number of aryl methyl sites for hydroxylation is 1. The fourth-order valence-corrected chi connectivity index (χ4v) is 2.86. The first kappa shape index (κ1) is 13.9. The number of benzene rings is 1. The van der Waals surface area contributed by atoms with Gasteiger partial charge in [0.25, 0.3) is 0 Å². The van der Waals surface area contributed by atoms with Gasteiger partial charge in [-0.1, -0.05) is 23.7 Å². The van der Waals surface area contributed by atoms with Crippen molar-refractivity contribution in [3.05, 3.63) is 44.9 Å². The van der Waals surface area contributed by atoms with Crippen LogP contribution in [-0.4, -0.2) is 11.0 Å². The van der Waals surface area contributed by atoms with Crippen molar-refractivity contribution >= 4 is 22.9 Å². The van der Waals surface area contributed by atoms with E-state index in [4.69, 9.17) is 16.3 Å². The highest BCUT2D eigenvalue weighted by atomic mass is 35.5. The first-order chi connectivity index (χ1) is 9.72. The second-order valence-corrected chi connectivity index (χ2v) is 6.50. The van der Waals surface area contributed by atoms with Crippen LogP contribution in [0.1, 0.15) is 29.1 Å². The Morgan fingerprint density at radius 1 is 1.45 bits per heavy atom. The van der Waals surface area contributed by atoms with Crippen LogP contribution in [0.25, 0.3) is 0 Å². The third kappa shape index (κ3) is 3.51. The van der Waals surface area contributed by atoms with E-state index in [1.807, 2.05) is 24.4 Å². The van der Waals surface area contributed by atoms with Crippen molar-refractivity contribution in [3.63, 3.8) is 0 Å². The average Bonchev–Trinajstić information content (AvgIpc) is 3.17. The van der Waals surface area contributed by atoms with Crippen LogP contribution < -0.4 is 10.1 Å². The second-order valence-electron chi connectivity index (χ2n) is 5.03. The molecular formula is C15H17ClN2OS. The third-order valence-electron chi connectivity index (χ3n) is 3.24. The Labute approximate surface area is 127 Å². The standard InChI is InChI=1S/C15H17ClN2OS/c1-10-18-13(9-20-10)8-19-15-11(3-2-4-14(15)16)7-17-12-5-6-12/h2-4,9,12,17H,5-8H2,1H3. The molecule has 1 aromatic heterocycles. The molecule has 0 atom stereocenters. The Balaban J connectivity index is 1.69. The quantitative estimate of drug-likeness (QED) is 0.878. The summed E-state index contributed by atoms with van der Waals surface area (Å²) < 4.78 is 5.89. The average molecular weight is 309 g/mol. The van der Waals surface area contributed by atoms with Gasteiger partial charge in [0.1, 0.15) is 12.4 Å². The molecule has 0 unspecified atom stereocenters. The molecular weight excluding hydrogens is 292 g/mol. The van der Waals surface area contributed by atoms with Gasteiger partial charge in [0.15, 0.2) is 0 Å². The number of rotatable bonds is 6. The molecule has 2 aromatic rings. The topological polar surface area (TPSA) is 34.1 Å². The molecule has 0 radical (unpaired) electrons. The minimum Gasteiger partial charge on any atom is -0.485 e. The van der Waals surface area contributed by atoms with Gasteiger partial charge in [-0.15, -0.1) is 11.3 Å². The van der Waals surface area contributed by atoms with Crippen LogP contribution in [0, 0.1) is 6.92 Å². The summed E-state index contributed by atoms with van der Waals surface area (Å²) in [6, 6.07) is 6.56. The van der Waals surface area contributed by atoms with Crippen LogP contribution in [-0.2, 0) is 13.2 Å². The summed E-state index contributed by atoms with van der Waals surface area (Å²) in [5.74, 6) is 0.771. The third-order valence-corrected chi connectivity index (χ3v) is 4.36. The Morgan fingerprint density at radius 3 is 3.00 bits per heavy atom. The number of halogens is 1. The molecule has 0 bridgehead atoms. The van der Waals surface area contributed by atoms with Crippen LogP contribution in [0.15, 0.2) is 23.6 Å². The van der Waals surface area contributed by atoms with Crippen molar-refractivity contribution in [1.29, 1.82) is 0 Å². The SMILES string of the molecule is Cc1nc(COc2c(Cl)cccc2CNC2CC2)cs1. The smallest absolute Gasteiger partial charge is 0.142 e. The molecule has 106 valence electrons. The van der Waals surface area contributed by atoms with Crippen LogP contribution >= 0.6 is 22.9 Å². The number of thiazole rings is 1. The monoisotopic (exact) mass is 308 g/mol. The van der Waals surface area contributed by atoms with E-state index in [0.29, 0.717) is 17.7 Å². The number of nitrogens with one attached hydrogen (secondary N) is 1. The van der Waals surface area contributed by atoms with Crippen molar-refractivity contribution < 1.29 is 4.74 Å². The zero-order valence-corrected chi connectivity index (χ0v) is 12.9. The number of hydrogen-bond acceptors (Lipinski definition) is 4. The van der Waals surface area contributed by atoms with E-state index < -0.39 is 0 Å². The predicted octanol–water partition coefficient (Wildman–Crippen LogP) is 3.94. The highest BCUT2D eigenvalue weighted by Gasteiger charge is 2.21. The number of para-hydroxylation sites is 1. The minimum absolute atomic E-state index is 0.463. The van der Waals surface area contributed by atoms with Gasteiger partial charge < -0.3 is 10.1 Å². The lowest BCUT2D eigenvalue weighted by Gasteiger charge is -2.13. The highest BCUT2D eigenvalue weighted by molar-refractivity contribution is 7.09. The molecule has 1 N–H and O–H groups in total. The molecule has 20 heavy (non-hydrogen) atoms. The second kappa shape index (κ2) is 6.12. The van der Waals surface area contributed by atoms with Gasteiger partial charge in [-0.2, -0.15) is 0 Å². The lowest BCUT2D eigenvalue weighted by atomic mass is 10.2. The molecule has 3 rings (SSSR count). The van der Waals surface area contributed by atoms with Gasteiger partial charge in [-0.3, -0.25) is 0 Å². The Bertz CT molecular complexity index is 595. The summed E-state index contributed by atoms with van der Waals surface area (Å²) in [6.07, 6.45) is 2.55. The van der Waals surface area contributed by atoms with E-state index in [9.17, 15) is 0 Å². The zero-order chi connectivity index (χ0) is 13.9. The van der Waals surface area contributed by atoms with Crippen molar-refractivity contribution in [2.45, 2.75) is 39.0 Å². The molecule has 0 saturated heterocycles. The summed E-state index contributed by atoms with van der Waals surface area (Å²) in [4.78, 5) is 4.40. The van der Waals surface area contributed by atoms with Crippen molar-refractivity contribution in [2.24, 2.45) is 0 Å². The van der Waals surface area contributed by atoms with Gasteiger partial charge in [0.05, 0.1) is 15.7 Å². The summed E-state index contributed by atoms with van der Waals surface area (Å²) in [6.45, 7) is 3.26. The maximum absolute atomic E-state index is 6.26. The van der Waals surface area contributed by atoms with Crippen LogP contribution in [0.3, 0.4) is 0 Å². The highest BCUT2D eigenvalue weighted by Crippen LogP contribution is 2.30. The van der Waals surface area contributed by atoms with Gasteiger partial charge in [0, 0.05) is 23.5 Å². The summed E-state index contributed by atoms with van der Waals surface area (Å²) in [7, 11) is 0. The molecule has 0 aliphatic heterocycles. The van der Waals surface area contributed by atoms with E-state index >= 15 is 0 Å². The summed E-state index contributed by atoms with van der Waals surface area (Å²) in [5.41, 5.74) is 2.06. The molecule has 1 aliphatic rings. The zero-order valence-electron chi connectivity index (χ0n) is 11.4. The number of ether oxygens (including phenoxy) is 1. The maximum atomic E-state index is 6.26. The largest absolute Gasteiger partial charge is 0.485 e. The summed E-state index contributed by atoms with van der Waals surface area (Å²) >= 11 is 7.90. The molecule has 0 amide bonds. The van der Waals surface area contributed by atoms with Crippen LogP contribution in [0.5, 0.6) is 5.75 Å². The van der Waals surface area contributed by atoms with E-state index in [0.717, 1.165) is 28.6 Å². The van der Waals surface area contributed by atoms with Crippen LogP contribution in [0.4, 0.5) is 0 Å². The fraction of sp³-hybridized carbons (Fsp3) is 0.400. The molecule has 1 saturated carbocycles. The number of hydrogen-bond donors (Lipinski definition) is 1. The van der Waals surface area contributed by atoms with Gasteiger partial charge >= 0.3 is 0 Å². The van der Waals surface area contributed by atoms with Gasteiger partial charge in [-0.05, 0) is 25.8 Å². The molecule has 1 heterocycles. The Morgan fingerprint density at radius 2 is 2.30 bits per heavy atom. The molecule has 5 heteroatoms. The van der Waals surface area contributed by atoms with Crippen molar-refractivity contribution in [2.75, 3.05) is 0 Å². The predicted molar refractivity (Wildman–Crippen MR) is 82.5 cm³/mol. The lowest BCUT2D eigenvalue weighted by Crippen LogP contribution is -2.16. The van der Waals surface area contributed by atoms with E-state index in [2.05, 4.69) is 16.4 Å². The van der Waals surface area contributed by atoms with E-state index in [1.165, 1.54) is 12.8 Å². The van der Waals surface area contributed by atoms with Gasteiger partial charge in [0.2, 0.25) is 0 Å².